The lowest BCUT2D eigenvalue weighted by molar-refractivity contribution is -0.146. The van der Waals surface area contributed by atoms with Crippen molar-refractivity contribution in [2.24, 2.45) is 0 Å². The number of carboxylic acids is 1. The number of benzene rings is 1. The molecule has 104 valence electrons. The molecule has 4 heteroatoms. The molecule has 0 aliphatic carbocycles. The lowest BCUT2D eigenvalue weighted by Crippen LogP contribution is -2.33. The maximum absolute atomic E-state index is 11.3. The normalized spacial score (nSPS) is 12.8. The van der Waals surface area contributed by atoms with E-state index in [1.165, 1.54) is 4.90 Å². The Hall–Kier alpha value is -1.84. The lowest BCUT2D eigenvalue weighted by atomic mass is 9.86. The first-order chi connectivity index (χ1) is 8.81. The van der Waals surface area contributed by atoms with Crippen LogP contribution in [0.3, 0.4) is 0 Å². The first-order valence-electron chi connectivity index (χ1n) is 6.35. The van der Waals surface area contributed by atoms with E-state index < -0.39 is 12.0 Å². The van der Waals surface area contributed by atoms with Crippen LogP contribution in [0, 0.1) is 0 Å². The summed E-state index contributed by atoms with van der Waals surface area (Å²) < 4.78 is 0. The summed E-state index contributed by atoms with van der Waals surface area (Å²) >= 11 is 0. The van der Waals surface area contributed by atoms with Crippen LogP contribution in [-0.4, -0.2) is 28.9 Å². The zero-order chi connectivity index (χ0) is 14.6. The van der Waals surface area contributed by atoms with Crippen molar-refractivity contribution in [3.63, 3.8) is 0 Å². The summed E-state index contributed by atoms with van der Waals surface area (Å²) in [5, 5.41) is 9.29. The van der Waals surface area contributed by atoms with E-state index in [2.05, 4.69) is 20.8 Å². The summed E-state index contributed by atoms with van der Waals surface area (Å²) in [6.45, 7) is 8.41. The predicted molar refractivity (Wildman–Crippen MR) is 74.0 cm³/mol. The van der Waals surface area contributed by atoms with Crippen molar-refractivity contribution in [2.45, 2.75) is 39.2 Å². The van der Waals surface area contributed by atoms with Crippen LogP contribution < -0.4 is 0 Å². The predicted octanol–water partition coefficient (Wildman–Crippen LogP) is 2.59. The highest BCUT2D eigenvalue weighted by molar-refractivity contribution is 5.78. The zero-order valence-corrected chi connectivity index (χ0v) is 11.9. The molecular formula is C15H21NO3. The van der Waals surface area contributed by atoms with Gasteiger partial charge in [0, 0.05) is 6.54 Å². The molecule has 0 saturated heterocycles. The quantitative estimate of drug-likeness (QED) is 0.831. The summed E-state index contributed by atoms with van der Waals surface area (Å²) in [7, 11) is 0. The van der Waals surface area contributed by atoms with Gasteiger partial charge in [-0.1, -0.05) is 45.0 Å². The lowest BCUT2D eigenvalue weighted by Gasteiger charge is -2.25. The van der Waals surface area contributed by atoms with Crippen molar-refractivity contribution >= 4 is 12.4 Å². The molecule has 4 nitrogen and oxygen atoms in total. The molecule has 0 aliphatic rings. The van der Waals surface area contributed by atoms with Gasteiger partial charge in [-0.2, -0.15) is 0 Å². The van der Waals surface area contributed by atoms with Gasteiger partial charge >= 0.3 is 5.97 Å². The molecule has 0 aliphatic heterocycles. The van der Waals surface area contributed by atoms with Gasteiger partial charge < -0.3 is 10.0 Å². The van der Waals surface area contributed by atoms with Gasteiger partial charge in [-0.25, -0.2) is 4.79 Å². The SMILES string of the molecule is CCN(C=O)C(C(=O)O)c1ccc(C(C)(C)C)cc1. The molecule has 1 N–H and O–H groups in total. The number of hydrogen-bond acceptors (Lipinski definition) is 2. The third kappa shape index (κ3) is 3.56. The van der Waals surface area contributed by atoms with Gasteiger partial charge in [0.15, 0.2) is 6.04 Å². The number of likely N-dealkylation sites (N-methyl/N-ethyl adjacent to an activating group) is 1. The standard InChI is InChI=1S/C15H21NO3/c1-5-16(10-17)13(14(18)19)11-6-8-12(9-7-11)15(2,3)4/h6-10,13H,5H2,1-4H3,(H,18,19). The van der Waals surface area contributed by atoms with E-state index in [0.717, 1.165) is 5.56 Å². The van der Waals surface area contributed by atoms with Crippen molar-refractivity contribution in [3.05, 3.63) is 35.4 Å². The average molecular weight is 263 g/mol. The highest BCUT2D eigenvalue weighted by Crippen LogP contribution is 2.26. The molecule has 1 aromatic rings. The van der Waals surface area contributed by atoms with Crippen molar-refractivity contribution in [2.75, 3.05) is 6.54 Å². The van der Waals surface area contributed by atoms with Gasteiger partial charge in [0.05, 0.1) is 0 Å². The number of hydrogen-bond donors (Lipinski definition) is 1. The Morgan fingerprint density at radius 2 is 1.84 bits per heavy atom. The maximum Gasteiger partial charge on any atom is 0.331 e. The van der Waals surface area contributed by atoms with E-state index in [-0.39, 0.29) is 5.41 Å². The molecule has 0 bridgehead atoms. The van der Waals surface area contributed by atoms with Gasteiger partial charge in [-0.3, -0.25) is 4.79 Å². The summed E-state index contributed by atoms with van der Waals surface area (Å²) in [6, 6.07) is 6.49. The summed E-state index contributed by atoms with van der Waals surface area (Å²) in [5.41, 5.74) is 1.77. The van der Waals surface area contributed by atoms with Crippen LogP contribution in [0.15, 0.2) is 24.3 Å². The number of carboxylic acid groups (broad SMARTS) is 1. The number of amides is 1. The van der Waals surface area contributed by atoms with Crippen LogP contribution in [0.4, 0.5) is 0 Å². The first-order valence-corrected chi connectivity index (χ1v) is 6.35. The van der Waals surface area contributed by atoms with Crippen molar-refractivity contribution in [1.29, 1.82) is 0 Å². The van der Waals surface area contributed by atoms with Crippen LogP contribution >= 0.6 is 0 Å². The number of aliphatic carboxylic acids is 1. The van der Waals surface area contributed by atoms with Crippen LogP contribution in [0.5, 0.6) is 0 Å². The minimum atomic E-state index is -1.02. The monoisotopic (exact) mass is 263 g/mol. The maximum atomic E-state index is 11.3. The fraction of sp³-hybridized carbons (Fsp3) is 0.467. The van der Waals surface area contributed by atoms with E-state index in [1.807, 2.05) is 12.1 Å². The Bertz CT molecular complexity index is 445. The van der Waals surface area contributed by atoms with Gasteiger partial charge in [-0.15, -0.1) is 0 Å². The summed E-state index contributed by atoms with van der Waals surface area (Å²) in [4.78, 5) is 23.6. The van der Waals surface area contributed by atoms with Crippen LogP contribution in [0.25, 0.3) is 0 Å². The van der Waals surface area contributed by atoms with Crippen molar-refractivity contribution in [3.8, 4) is 0 Å². The van der Waals surface area contributed by atoms with E-state index in [9.17, 15) is 14.7 Å². The Kier molecular flexibility index (Phi) is 4.70. The third-order valence-corrected chi connectivity index (χ3v) is 3.16. The molecule has 1 amide bonds. The largest absolute Gasteiger partial charge is 0.479 e. The zero-order valence-electron chi connectivity index (χ0n) is 11.9. The molecule has 1 rings (SSSR count). The van der Waals surface area contributed by atoms with E-state index in [4.69, 9.17) is 0 Å². The molecule has 1 unspecified atom stereocenters. The highest BCUT2D eigenvalue weighted by Gasteiger charge is 2.25. The van der Waals surface area contributed by atoms with E-state index in [0.29, 0.717) is 18.5 Å². The second kappa shape index (κ2) is 5.87. The van der Waals surface area contributed by atoms with E-state index in [1.54, 1.807) is 19.1 Å². The van der Waals surface area contributed by atoms with Crippen LogP contribution in [-0.2, 0) is 15.0 Å². The number of rotatable bonds is 5. The molecule has 0 aromatic heterocycles. The molecule has 0 spiro atoms. The van der Waals surface area contributed by atoms with Crippen molar-refractivity contribution in [1.82, 2.24) is 4.90 Å². The topological polar surface area (TPSA) is 57.6 Å². The smallest absolute Gasteiger partial charge is 0.331 e. The highest BCUT2D eigenvalue weighted by atomic mass is 16.4. The Balaban J connectivity index is 3.12. The molecule has 19 heavy (non-hydrogen) atoms. The summed E-state index contributed by atoms with van der Waals surface area (Å²) in [5.74, 6) is -1.02. The van der Waals surface area contributed by atoms with Crippen molar-refractivity contribution < 1.29 is 14.7 Å². The molecule has 0 heterocycles. The fourth-order valence-electron chi connectivity index (χ4n) is 1.96. The van der Waals surface area contributed by atoms with Gasteiger partial charge in [-0.05, 0) is 23.5 Å². The van der Waals surface area contributed by atoms with Gasteiger partial charge in [0.1, 0.15) is 0 Å². The second-order valence-corrected chi connectivity index (χ2v) is 5.55. The first kappa shape index (κ1) is 15.2. The minimum Gasteiger partial charge on any atom is -0.479 e. The number of carbonyl (C=O) groups excluding carboxylic acids is 1. The second-order valence-electron chi connectivity index (χ2n) is 5.55. The number of carbonyl (C=O) groups is 2. The average Bonchev–Trinajstić information content (AvgIpc) is 2.34. The van der Waals surface area contributed by atoms with E-state index >= 15 is 0 Å². The minimum absolute atomic E-state index is 0.0202. The Labute approximate surface area is 114 Å². The summed E-state index contributed by atoms with van der Waals surface area (Å²) in [6.07, 6.45) is 0.580. The van der Waals surface area contributed by atoms with Crippen LogP contribution in [0.2, 0.25) is 0 Å². The van der Waals surface area contributed by atoms with Gasteiger partial charge in [0.2, 0.25) is 6.41 Å². The molecule has 1 atom stereocenters. The molecular weight excluding hydrogens is 242 g/mol. The Morgan fingerprint density at radius 1 is 1.32 bits per heavy atom. The molecule has 1 aromatic carbocycles. The third-order valence-electron chi connectivity index (χ3n) is 3.16. The Morgan fingerprint density at radius 3 is 2.16 bits per heavy atom. The molecule has 0 radical (unpaired) electrons. The fourth-order valence-corrected chi connectivity index (χ4v) is 1.96. The van der Waals surface area contributed by atoms with Crippen LogP contribution in [0.1, 0.15) is 44.9 Å². The molecule has 0 fully saturated rings. The number of nitrogens with zero attached hydrogens (tertiary/aromatic N) is 1. The molecule has 0 saturated carbocycles. The van der Waals surface area contributed by atoms with Gasteiger partial charge in [0.25, 0.3) is 0 Å².